The molecule has 0 fully saturated rings. The number of hydrogen-bond donors (Lipinski definition) is 1. The third-order valence-electron chi connectivity index (χ3n) is 3.50. The summed E-state index contributed by atoms with van der Waals surface area (Å²) in [7, 11) is 0. The summed E-state index contributed by atoms with van der Waals surface area (Å²) < 4.78 is 15.1. The van der Waals surface area contributed by atoms with E-state index in [-0.39, 0.29) is 11.9 Å². The fraction of sp³-hybridized carbons (Fsp3) is 0.333. The predicted octanol–water partition coefficient (Wildman–Crippen LogP) is 4.58. The standard InChI is InChI=1S/C18H21FIN/c1-2-11-21-17(12-14-7-9-16(20)10-8-14)13-15-5-3-4-6-18(15)19/h3-10,17,21H,2,11-13H2,1H3. The lowest BCUT2D eigenvalue weighted by molar-refractivity contribution is 0.492. The van der Waals surface area contributed by atoms with E-state index in [0.717, 1.165) is 31.4 Å². The molecule has 112 valence electrons. The van der Waals surface area contributed by atoms with Crippen molar-refractivity contribution in [3.63, 3.8) is 0 Å². The maximum Gasteiger partial charge on any atom is 0.126 e. The average molecular weight is 397 g/mol. The summed E-state index contributed by atoms with van der Waals surface area (Å²) in [5, 5.41) is 3.54. The molecule has 0 bridgehead atoms. The van der Waals surface area contributed by atoms with Crippen molar-refractivity contribution in [2.75, 3.05) is 6.54 Å². The minimum absolute atomic E-state index is 0.108. The lowest BCUT2D eigenvalue weighted by Gasteiger charge is -2.19. The largest absolute Gasteiger partial charge is 0.313 e. The van der Waals surface area contributed by atoms with Gasteiger partial charge in [-0.2, -0.15) is 0 Å². The molecular formula is C18H21FIN. The second-order valence-corrected chi connectivity index (χ2v) is 6.52. The van der Waals surface area contributed by atoms with E-state index in [1.54, 1.807) is 6.07 Å². The Hall–Kier alpha value is -0.940. The minimum Gasteiger partial charge on any atom is -0.313 e. The molecule has 1 atom stereocenters. The molecule has 0 aliphatic rings. The molecule has 2 aromatic rings. The lowest BCUT2D eigenvalue weighted by Crippen LogP contribution is -2.34. The van der Waals surface area contributed by atoms with Crippen molar-refractivity contribution in [2.45, 2.75) is 32.2 Å². The molecule has 0 aliphatic heterocycles. The minimum atomic E-state index is -0.108. The molecule has 3 heteroatoms. The highest BCUT2D eigenvalue weighted by Gasteiger charge is 2.12. The molecule has 0 saturated heterocycles. The van der Waals surface area contributed by atoms with Crippen LogP contribution in [0.1, 0.15) is 24.5 Å². The van der Waals surface area contributed by atoms with Crippen LogP contribution in [0.4, 0.5) is 4.39 Å². The van der Waals surface area contributed by atoms with Crippen molar-refractivity contribution in [3.8, 4) is 0 Å². The number of benzene rings is 2. The van der Waals surface area contributed by atoms with Gasteiger partial charge in [-0.25, -0.2) is 4.39 Å². The van der Waals surface area contributed by atoms with Gasteiger partial charge in [-0.15, -0.1) is 0 Å². The van der Waals surface area contributed by atoms with E-state index in [1.165, 1.54) is 15.2 Å². The molecule has 1 nitrogen and oxygen atoms in total. The Bertz CT molecular complexity index is 553. The maximum atomic E-state index is 13.8. The Morgan fingerprint density at radius 3 is 2.43 bits per heavy atom. The van der Waals surface area contributed by atoms with Crippen LogP contribution in [0, 0.1) is 9.39 Å². The van der Waals surface area contributed by atoms with E-state index < -0.39 is 0 Å². The van der Waals surface area contributed by atoms with Gasteiger partial charge in [-0.3, -0.25) is 0 Å². The van der Waals surface area contributed by atoms with Gasteiger partial charge < -0.3 is 5.32 Å². The third kappa shape index (κ3) is 5.40. The Labute approximate surface area is 140 Å². The van der Waals surface area contributed by atoms with Crippen LogP contribution in [-0.2, 0) is 12.8 Å². The topological polar surface area (TPSA) is 12.0 Å². The van der Waals surface area contributed by atoms with Crippen LogP contribution in [0.3, 0.4) is 0 Å². The zero-order chi connectivity index (χ0) is 15.1. The van der Waals surface area contributed by atoms with Gasteiger partial charge in [0, 0.05) is 9.61 Å². The van der Waals surface area contributed by atoms with Crippen molar-refractivity contribution in [1.29, 1.82) is 0 Å². The smallest absolute Gasteiger partial charge is 0.126 e. The lowest BCUT2D eigenvalue weighted by atomic mass is 9.98. The summed E-state index contributed by atoms with van der Waals surface area (Å²) in [6.45, 7) is 3.11. The van der Waals surface area contributed by atoms with Gasteiger partial charge in [-0.05, 0) is 77.7 Å². The van der Waals surface area contributed by atoms with Crippen LogP contribution in [0.5, 0.6) is 0 Å². The molecule has 1 N–H and O–H groups in total. The molecule has 0 aliphatic carbocycles. The zero-order valence-electron chi connectivity index (χ0n) is 12.3. The van der Waals surface area contributed by atoms with Gasteiger partial charge in [-0.1, -0.05) is 37.3 Å². The van der Waals surface area contributed by atoms with E-state index >= 15 is 0 Å². The summed E-state index contributed by atoms with van der Waals surface area (Å²) in [5.74, 6) is -0.108. The first-order valence-electron chi connectivity index (χ1n) is 7.40. The quantitative estimate of drug-likeness (QED) is 0.675. The van der Waals surface area contributed by atoms with Crippen molar-refractivity contribution < 1.29 is 4.39 Å². The van der Waals surface area contributed by atoms with Crippen LogP contribution in [0.25, 0.3) is 0 Å². The molecule has 1 unspecified atom stereocenters. The molecule has 0 saturated carbocycles. The van der Waals surface area contributed by atoms with E-state index in [2.05, 4.69) is 59.1 Å². The van der Waals surface area contributed by atoms with Gasteiger partial charge in [0.1, 0.15) is 5.82 Å². The normalized spacial score (nSPS) is 12.3. The first kappa shape index (κ1) is 16.4. The Kier molecular flexibility index (Phi) is 6.64. The highest BCUT2D eigenvalue weighted by atomic mass is 127. The second kappa shape index (κ2) is 8.49. The summed E-state index contributed by atoms with van der Waals surface area (Å²) in [5.41, 5.74) is 2.08. The maximum absolute atomic E-state index is 13.8. The van der Waals surface area contributed by atoms with E-state index in [1.807, 2.05) is 12.1 Å². The summed E-state index contributed by atoms with van der Waals surface area (Å²) >= 11 is 2.31. The summed E-state index contributed by atoms with van der Waals surface area (Å²) in [4.78, 5) is 0. The van der Waals surface area contributed by atoms with E-state index in [0.29, 0.717) is 0 Å². The number of hydrogen-bond acceptors (Lipinski definition) is 1. The highest BCUT2D eigenvalue weighted by Crippen LogP contribution is 2.14. The SMILES string of the molecule is CCCNC(Cc1ccc(I)cc1)Cc1ccccc1F. The van der Waals surface area contributed by atoms with Crippen molar-refractivity contribution in [2.24, 2.45) is 0 Å². The zero-order valence-corrected chi connectivity index (χ0v) is 14.4. The molecule has 0 spiro atoms. The van der Waals surface area contributed by atoms with Crippen LogP contribution >= 0.6 is 22.6 Å². The van der Waals surface area contributed by atoms with Gasteiger partial charge >= 0.3 is 0 Å². The molecule has 0 aromatic heterocycles. The van der Waals surface area contributed by atoms with Crippen LogP contribution < -0.4 is 5.32 Å². The predicted molar refractivity (Wildman–Crippen MR) is 95.0 cm³/mol. The third-order valence-corrected chi connectivity index (χ3v) is 4.22. The monoisotopic (exact) mass is 397 g/mol. The molecule has 0 radical (unpaired) electrons. The fourth-order valence-corrected chi connectivity index (χ4v) is 2.76. The molecule has 0 amide bonds. The summed E-state index contributed by atoms with van der Waals surface area (Å²) in [6, 6.07) is 15.9. The van der Waals surface area contributed by atoms with Crippen LogP contribution in [-0.4, -0.2) is 12.6 Å². The molecule has 2 rings (SSSR count). The molecule has 21 heavy (non-hydrogen) atoms. The van der Waals surface area contributed by atoms with Gasteiger partial charge in [0.05, 0.1) is 0 Å². The van der Waals surface area contributed by atoms with E-state index in [9.17, 15) is 4.39 Å². The van der Waals surface area contributed by atoms with Gasteiger partial charge in [0.2, 0.25) is 0 Å². The first-order valence-corrected chi connectivity index (χ1v) is 8.48. The number of nitrogens with one attached hydrogen (secondary N) is 1. The van der Waals surface area contributed by atoms with Gasteiger partial charge in [0.25, 0.3) is 0 Å². The Morgan fingerprint density at radius 2 is 1.76 bits per heavy atom. The number of halogens is 2. The van der Waals surface area contributed by atoms with Crippen molar-refractivity contribution >= 4 is 22.6 Å². The van der Waals surface area contributed by atoms with Crippen molar-refractivity contribution in [3.05, 3.63) is 69.0 Å². The Balaban J connectivity index is 2.07. The van der Waals surface area contributed by atoms with E-state index in [4.69, 9.17) is 0 Å². The van der Waals surface area contributed by atoms with Crippen molar-refractivity contribution in [1.82, 2.24) is 5.32 Å². The summed E-state index contributed by atoms with van der Waals surface area (Å²) in [6.07, 6.45) is 2.73. The second-order valence-electron chi connectivity index (χ2n) is 5.28. The molecule has 0 heterocycles. The fourth-order valence-electron chi connectivity index (χ4n) is 2.40. The highest BCUT2D eigenvalue weighted by molar-refractivity contribution is 14.1. The number of rotatable bonds is 7. The Morgan fingerprint density at radius 1 is 1.05 bits per heavy atom. The average Bonchev–Trinajstić information content (AvgIpc) is 2.49. The first-order chi connectivity index (χ1) is 10.2. The molecule has 2 aromatic carbocycles. The van der Waals surface area contributed by atoms with Crippen LogP contribution in [0.15, 0.2) is 48.5 Å². The van der Waals surface area contributed by atoms with Gasteiger partial charge in [0.15, 0.2) is 0 Å². The van der Waals surface area contributed by atoms with Crippen LogP contribution in [0.2, 0.25) is 0 Å². The molecular weight excluding hydrogens is 376 g/mol.